The lowest BCUT2D eigenvalue weighted by Gasteiger charge is -2.36. The molecule has 0 saturated heterocycles. The second kappa shape index (κ2) is 9.94. The molecule has 4 rings (SSSR count). The molecule has 178 valence electrons. The Kier molecular flexibility index (Phi) is 6.98. The van der Waals surface area contributed by atoms with E-state index in [-0.39, 0.29) is 11.7 Å². The van der Waals surface area contributed by atoms with Crippen LogP contribution in [-0.2, 0) is 14.3 Å². The van der Waals surface area contributed by atoms with Gasteiger partial charge in [0.2, 0.25) is 0 Å². The van der Waals surface area contributed by atoms with Crippen LogP contribution in [0, 0.1) is 0 Å². The number of Topliss-reactive ketones (excluding diaryl/α,β-unsaturated/α-hetero) is 1. The molecule has 0 radical (unpaired) electrons. The topological polar surface area (TPSA) is 73.9 Å². The third-order valence-corrected chi connectivity index (χ3v) is 6.65. The van der Waals surface area contributed by atoms with Crippen LogP contribution in [-0.4, -0.2) is 32.6 Å². The Balaban J connectivity index is 1.81. The first-order valence-corrected chi connectivity index (χ1v) is 11.6. The monoisotopic (exact) mass is 481 g/mol. The number of hydrogen-bond acceptors (Lipinski definition) is 6. The number of halogens is 1. The predicted molar refractivity (Wildman–Crippen MR) is 130 cm³/mol. The number of ether oxygens (including phenoxy) is 3. The Morgan fingerprint density at radius 2 is 1.76 bits per heavy atom. The van der Waals surface area contributed by atoms with E-state index in [9.17, 15) is 9.59 Å². The predicted octanol–water partition coefficient (Wildman–Crippen LogP) is 5.28. The second-order valence-electron chi connectivity index (χ2n) is 8.40. The van der Waals surface area contributed by atoms with E-state index in [1.165, 1.54) is 7.11 Å². The van der Waals surface area contributed by atoms with E-state index in [1.807, 2.05) is 56.3 Å². The third-order valence-electron chi connectivity index (χ3n) is 6.40. The smallest absolute Gasteiger partial charge is 0.336 e. The van der Waals surface area contributed by atoms with Crippen molar-refractivity contribution < 1.29 is 23.8 Å². The summed E-state index contributed by atoms with van der Waals surface area (Å²) in [6.07, 6.45) is 0.999. The molecular weight excluding hydrogens is 454 g/mol. The lowest BCUT2D eigenvalue weighted by molar-refractivity contribution is -0.136. The van der Waals surface area contributed by atoms with E-state index >= 15 is 0 Å². The molecule has 0 amide bonds. The van der Waals surface area contributed by atoms with Crippen LogP contribution < -0.4 is 14.8 Å². The number of dihydropyridines is 1. The molecular formula is C27H28ClNO5. The molecule has 1 N–H and O–H groups in total. The van der Waals surface area contributed by atoms with Crippen LogP contribution in [0.25, 0.3) is 0 Å². The first-order chi connectivity index (χ1) is 16.4. The summed E-state index contributed by atoms with van der Waals surface area (Å²) in [6.45, 7) is 4.23. The van der Waals surface area contributed by atoms with Gasteiger partial charge in [0.15, 0.2) is 17.3 Å². The number of methoxy groups -OCH3 is 2. The van der Waals surface area contributed by atoms with E-state index in [1.54, 1.807) is 7.11 Å². The summed E-state index contributed by atoms with van der Waals surface area (Å²) in [5, 5.41) is 4.00. The standard InChI is InChI=1S/C27H28ClNO5/c1-5-34-22-11-8-17(14-23(22)32-3)25-24(27(31)33-4)15(2)29-20-12-18(13-21(30)26(20)25)16-6-9-19(28)10-7-16/h6-11,14,18,25,29H,5,12-13H2,1-4H3/t18-,25-/m0/s1. The third kappa shape index (κ3) is 4.42. The largest absolute Gasteiger partial charge is 0.493 e. The van der Waals surface area contributed by atoms with Gasteiger partial charge in [0.05, 0.1) is 26.4 Å². The Morgan fingerprint density at radius 1 is 1.06 bits per heavy atom. The average Bonchev–Trinajstić information content (AvgIpc) is 2.83. The van der Waals surface area contributed by atoms with Gasteiger partial charge in [0, 0.05) is 34.3 Å². The zero-order valence-electron chi connectivity index (χ0n) is 19.7. The van der Waals surface area contributed by atoms with Crippen LogP contribution >= 0.6 is 11.6 Å². The van der Waals surface area contributed by atoms with Crippen LogP contribution in [0.5, 0.6) is 11.5 Å². The van der Waals surface area contributed by atoms with Crippen molar-refractivity contribution in [2.24, 2.45) is 0 Å². The van der Waals surface area contributed by atoms with E-state index in [4.69, 9.17) is 25.8 Å². The Hall–Kier alpha value is -3.25. The molecule has 1 aliphatic heterocycles. The van der Waals surface area contributed by atoms with Crippen molar-refractivity contribution in [1.29, 1.82) is 0 Å². The zero-order valence-corrected chi connectivity index (χ0v) is 20.5. The van der Waals surface area contributed by atoms with Gasteiger partial charge < -0.3 is 19.5 Å². The number of carbonyl (C=O) groups is 2. The molecule has 34 heavy (non-hydrogen) atoms. The number of esters is 1. The molecule has 2 aromatic rings. The highest BCUT2D eigenvalue weighted by Gasteiger charge is 2.41. The first kappa shape index (κ1) is 23.9. The molecule has 1 heterocycles. The minimum Gasteiger partial charge on any atom is -0.493 e. The molecule has 0 saturated carbocycles. The molecule has 1 aliphatic carbocycles. The highest BCUT2D eigenvalue weighted by atomic mass is 35.5. The fourth-order valence-electron chi connectivity index (χ4n) is 4.86. The highest BCUT2D eigenvalue weighted by molar-refractivity contribution is 6.30. The molecule has 2 atom stereocenters. The van der Waals surface area contributed by atoms with Gasteiger partial charge in [-0.3, -0.25) is 4.79 Å². The summed E-state index contributed by atoms with van der Waals surface area (Å²) in [5.74, 6) is 0.146. The van der Waals surface area contributed by atoms with Gasteiger partial charge in [-0.25, -0.2) is 4.79 Å². The number of ketones is 1. The maximum absolute atomic E-state index is 13.6. The highest BCUT2D eigenvalue weighted by Crippen LogP contribution is 2.47. The molecule has 2 aromatic carbocycles. The lowest BCUT2D eigenvalue weighted by Crippen LogP contribution is -2.36. The van der Waals surface area contributed by atoms with E-state index in [0.29, 0.717) is 52.8 Å². The Labute approximate surface area is 204 Å². The Morgan fingerprint density at radius 3 is 2.41 bits per heavy atom. The van der Waals surface area contributed by atoms with Crippen molar-refractivity contribution in [3.05, 3.63) is 81.2 Å². The van der Waals surface area contributed by atoms with Crippen LogP contribution in [0.1, 0.15) is 49.7 Å². The molecule has 0 fully saturated rings. The van der Waals surface area contributed by atoms with E-state index < -0.39 is 11.9 Å². The van der Waals surface area contributed by atoms with Gasteiger partial charge in [0.1, 0.15) is 0 Å². The quantitative estimate of drug-likeness (QED) is 0.566. The van der Waals surface area contributed by atoms with Crippen molar-refractivity contribution >= 4 is 23.4 Å². The molecule has 0 spiro atoms. The van der Waals surface area contributed by atoms with Gasteiger partial charge in [-0.2, -0.15) is 0 Å². The summed E-state index contributed by atoms with van der Waals surface area (Å²) in [5.41, 5.74) is 4.36. The van der Waals surface area contributed by atoms with Crippen molar-refractivity contribution in [2.45, 2.75) is 38.5 Å². The first-order valence-electron chi connectivity index (χ1n) is 11.3. The summed E-state index contributed by atoms with van der Waals surface area (Å²) >= 11 is 6.05. The van der Waals surface area contributed by atoms with Crippen LogP contribution in [0.3, 0.4) is 0 Å². The van der Waals surface area contributed by atoms with Crippen LogP contribution in [0.2, 0.25) is 5.02 Å². The van der Waals surface area contributed by atoms with Crippen molar-refractivity contribution in [1.82, 2.24) is 5.32 Å². The minimum atomic E-state index is -0.563. The lowest BCUT2D eigenvalue weighted by atomic mass is 9.71. The minimum absolute atomic E-state index is 0.000421. The Bertz CT molecular complexity index is 1180. The van der Waals surface area contributed by atoms with Gasteiger partial charge in [0.25, 0.3) is 0 Å². The summed E-state index contributed by atoms with van der Waals surface area (Å²) in [6, 6.07) is 13.1. The van der Waals surface area contributed by atoms with Crippen molar-refractivity contribution in [3.63, 3.8) is 0 Å². The summed E-state index contributed by atoms with van der Waals surface area (Å²) in [7, 11) is 2.92. The van der Waals surface area contributed by atoms with Gasteiger partial charge in [-0.15, -0.1) is 0 Å². The van der Waals surface area contributed by atoms with Crippen molar-refractivity contribution in [3.8, 4) is 11.5 Å². The molecule has 0 aromatic heterocycles. The summed E-state index contributed by atoms with van der Waals surface area (Å²) < 4.78 is 16.3. The summed E-state index contributed by atoms with van der Waals surface area (Å²) in [4.78, 5) is 26.5. The molecule has 0 unspecified atom stereocenters. The van der Waals surface area contributed by atoms with Gasteiger partial charge in [-0.05, 0) is 61.6 Å². The number of carbonyl (C=O) groups excluding carboxylic acids is 2. The molecule has 6 nitrogen and oxygen atoms in total. The molecule has 7 heteroatoms. The van der Waals surface area contributed by atoms with Crippen molar-refractivity contribution in [2.75, 3.05) is 20.8 Å². The van der Waals surface area contributed by atoms with Crippen LogP contribution in [0.15, 0.2) is 65.0 Å². The van der Waals surface area contributed by atoms with E-state index in [2.05, 4.69) is 5.32 Å². The number of benzene rings is 2. The van der Waals surface area contributed by atoms with E-state index in [0.717, 1.165) is 16.8 Å². The number of rotatable bonds is 6. The normalized spacial score (nSPS) is 20.0. The number of hydrogen-bond donors (Lipinski definition) is 1. The maximum atomic E-state index is 13.6. The fraction of sp³-hybridized carbons (Fsp3) is 0.333. The number of nitrogens with one attached hydrogen (secondary N) is 1. The fourth-order valence-corrected chi connectivity index (χ4v) is 4.99. The van der Waals surface area contributed by atoms with Gasteiger partial charge in [-0.1, -0.05) is 29.8 Å². The SMILES string of the molecule is CCOc1ccc([C@H]2C(C(=O)OC)=C(C)NC3=C2C(=O)C[C@@H](c2ccc(Cl)cc2)C3)cc1OC. The maximum Gasteiger partial charge on any atom is 0.336 e. The van der Waals surface area contributed by atoms with Crippen LogP contribution in [0.4, 0.5) is 0 Å². The molecule has 0 bridgehead atoms. The number of allylic oxidation sites excluding steroid dienone is 3. The average molecular weight is 482 g/mol. The molecule has 2 aliphatic rings. The van der Waals surface area contributed by atoms with Gasteiger partial charge >= 0.3 is 5.97 Å². The zero-order chi connectivity index (χ0) is 24.4. The second-order valence-corrected chi connectivity index (χ2v) is 8.84.